The van der Waals surface area contributed by atoms with E-state index < -0.39 is 10.0 Å². The molecule has 0 aliphatic heterocycles. The Kier molecular flexibility index (Phi) is 5.28. The summed E-state index contributed by atoms with van der Waals surface area (Å²) >= 11 is 5.15. The molecule has 7 heteroatoms. The highest BCUT2D eigenvalue weighted by Gasteiger charge is 2.28. The fourth-order valence-corrected chi connectivity index (χ4v) is 5.19. The molecule has 1 heterocycles. The number of rotatable bonds is 5. The maximum atomic E-state index is 12.2. The number of hydrogen-bond acceptors (Lipinski definition) is 4. The zero-order chi connectivity index (χ0) is 13.9. The SMILES string of the molecule is CCSC1CCC(NS(=O)(=O)c2cncc(Br)c2)C1. The van der Waals surface area contributed by atoms with E-state index in [0.29, 0.717) is 9.72 Å². The minimum Gasteiger partial charge on any atom is -0.262 e. The van der Waals surface area contributed by atoms with Crippen LogP contribution in [0.15, 0.2) is 27.8 Å². The van der Waals surface area contributed by atoms with Gasteiger partial charge in [0.1, 0.15) is 4.90 Å². The Morgan fingerprint density at radius 1 is 1.47 bits per heavy atom. The Bertz CT molecular complexity index is 536. The van der Waals surface area contributed by atoms with Gasteiger partial charge in [0.25, 0.3) is 0 Å². The normalized spacial score (nSPS) is 23.7. The largest absolute Gasteiger partial charge is 0.262 e. The van der Waals surface area contributed by atoms with E-state index in [2.05, 4.69) is 32.6 Å². The van der Waals surface area contributed by atoms with Crippen LogP contribution in [0.3, 0.4) is 0 Å². The smallest absolute Gasteiger partial charge is 0.242 e. The van der Waals surface area contributed by atoms with Crippen LogP contribution in [0.2, 0.25) is 0 Å². The van der Waals surface area contributed by atoms with Gasteiger partial charge >= 0.3 is 0 Å². The summed E-state index contributed by atoms with van der Waals surface area (Å²) in [7, 11) is -3.46. The van der Waals surface area contributed by atoms with Crippen molar-refractivity contribution in [2.45, 2.75) is 42.4 Å². The van der Waals surface area contributed by atoms with Gasteiger partial charge in [-0.25, -0.2) is 13.1 Å². The van der Waals surface area contributed by atoms with E-state index in [1.807, 2.05) is 11.8 Å². The van der Waals surface area contributed by atoms with Gasteiger partial charge in [0.2, 0.25) is 10.0 Å². The van der Waals surface area contributed by atoms with Gasteiger partial charge in [0.05, 0.1) is 0 Å². The van der Waals surface area contributed by atoms with E-state index >= 15 is 0 Å². The quantitative estimate of drug-likeness (QED) is 0.872. The van der Waals surface area contributed by atoms with Gasteiger partial charge in [-0.2, -0.15) is 11.8 Å². The average molecular weight is 365 g/mol. The molecular formula is C12H17BrN2O2S2. The molecule has 1 aromatic heterocycles. The van der Waals surface area contributed by atoms with Crippen LogP contribution in [0, 0.1) is 0 Å². The standard InChI is InChI=1S/C12H17BrN2O2S2/c1-2-18-11-4-3-10(6-11)15-19(16,17)12-5-9(13)7-14-8-12/h5,7-8,10-11,15H,2-4,6H2,1H3. The van der Waals surface area contributed by atoms with Crippen LogP contribution in [0.25, 0.3) is 0 Å². The minimum atomic E-state index is -3.46. The zero-order valence-corrected chi connectivity index (χ0v) is 13.9. The summed E-state index contributed by atoms with van der Waals surface area (Å²) in [5.74, 6) is 1.08. The van der Waals surface area contributed by atoms with Crippen LogP contribution in [-0.4, -0.2) is 30.4 Å². The van der Waals surface area contributed by atoms with Crippen LogP contribution in [0.5, 0.6) is 0 Å². The summed E-state index contributed by atoms with van der Waals surface area (Å²) in [4.78, 5) is 4.12. The topological polar surface area (TPSA) is 59.1 Å². The highest BCUT2D eigenvalue weighted by atomic mass is 79.9. The molecule has 1 fully saturated rings. The summed E-state index contributed by atoms with van der Waals surface area (Å²) in [6.45, 7) is 2.13. The van der Waals surface area contributed by atoms with Gasteiger partial charge in [-0.3, -0.25) is 4.98 Å². The van der Waals surface area contributed by atoms with Crippen LogP contribution < -0.4 is 4.72 Å². The molecular weight excluding hydrogens is 348 g/mol. The van der Waals surface area contributed by atoms with E-state index in [1.165, 1.54) is 6.20 Å². The summed E-state index contributed by atoms with van der Waals surface area (Å²) in [6.07, 6.45) is 5.86. The molecule has 0 aromatic carbocycles. The number of aromatic nitrogens is 1. The third-order valence-corrected chi connectivity index (χ3v) is 6.25. The van der Waals surface area contributed by atoms with Crippen molar-refractivity contribution in [2.75, 3.05) is 5.75 Å². The van der Waals surface area contributed by atoms with Crippen molar-refractivity contribution < 1.29 is 8.42 Å². The van der Waals surface area contributed by atoms with Crippen molar-refractivity contribution >= 4 is 37.7 Å². The second-order valence-electron chi connectivity index (χ2n) is 4.55. The van der Waals surface area contributed by atoms with Crippen LogP contribution in [0.4, 0.5) is 0 Å². The Labute approximate surface area is 127 Å². The number of hydrogen-bond donors (Lipinski definition) is 1. The third kappa shape index (κ3) is 4.18. The lowest BCUT2D eigenvalue weighted by Crippen LogP contribution is -2.33. The van der Waals surface area contributed by atoms with Crippen molar-refractivity contribution in [1.82, 2.24) is 9.71 Å². The van der Waals surface area contributed by atoms with Crippen molar-refractivity contribution in [1.29, 1.82) is 0 Å². The molecule has 2 rings (SSSR count). The molecule has 2 atom stereocenters. The lowest BCUT2D eigenvalue weighted by molar-refractivity contribution is 0.552. The number of sulfonamides is 1. The number of thioether (sulfide) groups is 1. The molecule has 1 N–H and O–H groups in total. The molecule has 0 radical (unpaired) electrons. The highest BCUT2D eigenvalue weighted by molar-refractivity contribution is 9.10. The first kappa shape index (κ1) is 15.3. The predicted molar refractivity (Wildman–Crippen MR) is 81.8 cm³/mol. The highest BCUT2D eigenvalue weighted by Crippen LogP contribution is 2.30. The minimum absolute atomic E-state index is 0.0491. The van der Waals surface area contributed by atoms with Gasteiger partial charge in [-0.1, -0.05) is 6.92 Å². The maximum Gasteiger partial charge on any atom is 0.242 e. The molecule has 2 unspecified atom stereocenters. The van der Waals surface area contributed by atoms with Gasteiger partial charge in [-0.15, -0.1) is 0 Å². The van der Waals surface area contributed by atoms with Gasteiger partial charge < -0.3 is 0 Å². The molecule has 4 nitrogen and oxygen atoms in total. The second kappa shape index (κ2) is 6.56. The first-order valence-electron chi connectivity index (χ1n) is 6.25. The van der Waals surface area contributed by atoms with Crippen molar-refractivity contribution in [3.05, 3.63) is 22.9 Å². The summed E-state index contributed by atoms with van der Waals surface area (Å²) < 4.78 is 27.9. The van der Waals surface area contributed by atoms with E-state index in [1.54, 1.807) is 12.3 Å². The molecule has 106 valence electrons. The molecule has 1 aliphatic carbocycles. The van der Waals surface area contributed by atoms with Gasteiger partial charge in [0.15, 0.2) is 0 Å². The molecule has 0 spiro atoms. The summed E-state index contributed by atoms with van der Waals surface area (Å²) in [6, 6.07) is 1.62. The number of halogens is 1. The monoisotopic (exact) mass is 364 g/mol. The number of nitrogens with one attached hydrogen (secondary N) is 1. The lowest BCUT2D eigenvalue weighted by Gasteiger charge is -2.13. The molecule has 1 aliphatic rings. The van der Waals surface area contributed by atoms with Crippen LogP contribution in [0.1, 0.15) is 26.2 Å². The van der Waals surface area contributed by atoms with Crippen LogP contribution >= 0.6 is 27.7 Å². The predicted octanol–water partition coefficient (Wildman–Crippen LogP) is 2.80. The molecule has 1 aromatic rings. The maximum absolute atomic E-state index is 12.2. The summed E-state index contributed by atoms with van der Waals surface area (Å²) in [5.41, 5.74) is 0. The van der Waals surface area contributed by atoms with E-state index in [-0.39, 0.29) is 10.9 Å². The molecule has 1 saturated carbocycles. The fourth-order valence-electron chi connectivity index (χ4n) is 2.26. The van der Waals surface area contributed by atoms with Crippen molar-refractivity contribution in [3.63, 3.8) is 0 Å². The summed E-state index contributed by atoms with van der Waals surface area (Å²) in [5, 5.41) is 0.582. The Balaban J connectivity index is 2.02. The Morgan fingerprint density at radius 2 is 2.26 bits per heavy atom. The first-order valence-corrected chi connectivity index (χ1v) is 9.58. The second-order valence-corrected chi connectivity index (χ2v) is 8.75. The Hall–Kier alpha value is -0.110. The number of nitrogens with zero attached hydrogens (tertiary/aromatic N) is 1. The molecule has 0 bridgehead atoms. The van der Waals surface area contributed by atoms with Gasteiger partial charge in [-0.05, 0) is 47.0 Å². The van der Waals surface area contributed by atoms with E-state index in [9.17, 15) is 8.42 Å². The number of pyridine rings is 1. The molecule has 19 heavy (non-hydrogen) atoms. The molecule has 0 amide bonds. The lowest BCUT2D eigenvalue weighted by atomic mass is 10.3. The van der Waals surface area contributed by atoms with Crippen molar-refractivity contribution in [2.24, 2.45) is 0 Å². The van der Waals surface area contributed by atoms with Gasteiger partial charge in [0, 0.05) is 28.2 Å². The van der Waals surface area contributed by atoms with Crippen molar-refractivity contribution in [3.8, 4) is 0 Å². The zero-order valence-electron chi connectivity index (χ0n) is 10.7. The average Bonchev–Trinajstić information content (AvgIpc) is 2.76. The third-order valence-electron chi connectivity index (χ3n) is 3.10. The fraction of sp³-hybridized carbons (Fsp3) is 0.583. The van der Waals surface area contributed by atoms with E-state index in [4.69, 9.17) is 0 Å². The van der Waals surface area contributed by atoms with Crippen LogP contribution in [-0.2, 0) is 10.0 Å². The molecule has 0 saturated heterocycles. The van der Waals surface area contributed by atoms with E-state index in [0.717, 1.165) is 25.0 Å². The first-order chi connectivity index (χ1) is 9.01. The Morgan fingerprint density at radius 3 is 2.95 bits per heavy atom.